The highest BCUT2D eigenvalue weighted by molar-refractivity contribution is 8.77. The average molecular weight is 599 g/mol. The molecule has 6 unspecified atom stereocenters. The van der Waals surface area contributed by atoms with Gasteiger partial charge in [-0.05, 0) is 30.9 Å². The van der Waals surface area contributed by atoms with Gasteiger partial charge in [-0.15, -0.1) is 0 Å². The lowest BCUT2D eigenvalue weighted by Crippen LogP contribution is -2.59. The van der Waals surface area contributed by atoms with E-state index in [9.17, 15) is 56.0 Å². The molecule has 0 radical (unpaired) electrons. The Morgan fingerprint density at radius 1 is 0.750 bits per heavy atom. The van der Waals surface area contributed by atoms with Gasteiger partial charge in [0.2, 0.25) is 21.2 Å². The number of imide groups is 2. The van der Waals surface area contributed by atoms with Gasteiger partial charge in [-0.1, -0.05) is 0 Å². The van der Waals surface area contributed by atoms with Crippen LogP contribution in [0.4, 0.5) is 0 Å². The second kappa shape index (κ2) is 10.0. The molecule has 2 aliphatic rings. The van der Waals surface area contributed by atoms with Gasteiger partial charge in [0.05, 0.1) is 12.8 Å². The van der Waals surface area contributed by atoms with Gasteiger partial charge in [0.15, 0.2) is 0 Å². The minimum Gasteiger partial charge on any atom is -0.481 e. The van der Waals surface area contributed by atoms with E-state index in [0.717, 1.165) is 0 Å². The number of hydrogen-bond acceptors (Lipinski definition) is 14. The van der Waals surface area contributed by atoms with E-state index in [-0.39, 0.29) is 21.6 Å². The van der Waals surface area contributed by atoms with Gasteiger partial charge in [-0.3, -0.25) is 18.7 Å². The van der Waals surface area contributed by atoms with Crippen LogP contribution in [-0.2, 0) is 49.0 Å². The Morgan fingerprint density at radius 2 is 1.03 bits per heavy atom. The van der Waals surface area contributed by atoms with Crippen LogP contribution < -0.4 is 0 Å². The quantitative estimate of drug-likeness (QED) is 0.0483. The molecule has 4 amide bonds. The highest BCUT2D eigenvalue weighted by Gasteiger charge is 2.67. The van der Waals surface area contributed by atoms with Crippen LogP contribution in [0, 0.1) is 0 Å². The van der Waals surface area contributed by atoms with E-state index in [1.807, 2.05) is 0 Å². The lowest BCUT2D eigenvalue weighted by atomic mass is 10.3. The maximum absolute atomic E-state index is 12.5. The van der Waals surface area contributed by atoms with Crippen LogP contribution >= 0.6 is 21.6 Å². The summed E-state index contributed by atoms with van der Waals surface area (Å²) in [5.74, 6) is -10.3. The number of aliphatic carboxylic acids is 2. The zero-order valence-electron chi connectivity index (χ0n) is 17.4. The molecule has 2 rings (SSSR count). The van der Waals surface area contributed by atoms with Crippen molar-refractivity contribution in [2.24, 2.45) is 0 Å². The van der Waals surface area contributed by atoms with Gasteiger partial charge in [-0.2, -0.15) is 16.8 Å². The van der Waals surface area contributed by atoms with Crippen molar-refractivity contribution in [1.29, 1.82) is 0 Å². The maximum atomic E-state index is 12.5. The smallest absolute Gasteiger partial charge is 0.375 e. The van der Waals surface area contributed by atoms with Gasteiger partial charge in [0.25, 0.3) is 20.2 Å². The predicted octanol–water partition coefficient (Wildman–Crippen LogP) is -2.19. The summed E-state index contributed by atoms with van der Waals surface area (Å²) in [6, 6.07) is 0. The number of carbonyl (C=O) groups is 6. The van der Waals surface area contributed by atoms with E-state index in [0.29, 0.717) is 0 Å². The van der Waals surface area contributed by atoms with E-state index in [4.69, 9.17) is 19.3 Å². The fraction of sp³-hybridized carbons (Fsp3) is 0.571. The zero-order chi connectivity index (χ0) is 28.0. The first-order valence-corrected chi connectivity index (χ1v) is 14.5. The van der Waals surface area contributed by atoms with Crippen molar-refractivity contribution in [1.82, 2.24) is 0 Å². The number of rotatable bonds is 11. The summed E-state index contributed by atoms with van der Waals surface area (Å²) in [5.41, 5.74) is 0. The summed E-state index contributed by atoms with van der Waals surface area (Å²) < 4.78 is 58.9. The summed E-state index contributed by atoms with van der Waals surface area (Å²) in [5, 5.41) is 30.4. The number of nitrogens with zero attached hydrogens (tertiary/aromatic N) is 2. The molecule has 22 heteroatoms. The van der Waals surface area contributed by atoms with Crippen LogP contribution in [0.5, 0.6) is 0 Å². The molecular weight excluding hydrogens is 580 g/mol. The van der Waals surface area contributed by atoms with Crippen molar-refractivity contribution in [2.75, 3.05) is 0 Å². The molecule has 0 aromatic rings. The first kappa shape index (κ1) is 30.2. The third-order valence-electron chi connectivity index (χ3n) is 5.23. The van der Waals surface area contributed by atoms with Crippen LogP contribution in [0.3, 0.4) is 0 Å². The molecule has 0 aliphatic carbocycles. The number of carbonyl (C=O) groups excluding carboxylic acids is 4. The molecule has 2 fully saturated rings. The molecule has 0 aromatic heterocycles. The molecule has 0 aromatic carbocycles. The Bertz CT molecular complexity index is 1150. The van der Waals surface area contributed by atoms with Gasteiger partial charge in [0.1, 0.15) is 12.8 Å². The summed E-state index contributed by atoms with van der Waals surface area (Å²) in [7, 11) is -10.4. The molecule has 0 bridgehead atoms. The summed E-state index contributed by atoms with van der Waals surface area (Å²) in [6.07, 6.45) is -5.04. The van der Waals surface area contributed by atoms with Gasteiger partial charge in [0, 0.05) is 0 Å². The molecule has 0 spiro atoms. The molecule has 6 atom stereocenters. The van der Waals surface area contributed by atoms with Gasteiger partial charge in [-0.25, -0.2) is 29.6 Å². The van der Waals surface area contributed by atoms with E-state index < -0.39 is 112 Å². The molecule has 2 heterocycles. The second-order valence-corrected chi connectivity index (χ2v) is 13.4. The summed E-state index contributed by atoms with van der Waals surface area (Å²) in [6.45, 7) is 0. The van der Waals surface area contributed by atoms with Crippen molar-refractivity contribution in [3.63, 3.8) is 0 Å². The number of quaternary nitrogens is 2. The van der Waals surface area contributed by atoms with Crippen LogP contribution in [0.1, 0.15) is 25.7 Å². The zero-order valence-corrected chi connectivity index (χ0v) is 20.7. The second-order valence-electron chi connectivity index (χ2n) is 7.55. The highest BCUT2D eigenvalue weighted by Crippen LogP contribution is 2.45. The Morgan fingerprint density at radius 3 is 1.22 bits per heavy atom. The van der Waals surface area contributed by atoms with Gasteiger partial charge < -0.3 is 10.2 Å². The molecule has 202 valence electrons. The molecule has 6 N–H and O–H groups in total. The lowest BCUT2D eigenvalue weighted by Gasteiger charge is -2.30. The number of likely N-dealkylation sites (tertiary alicyclic amines) is 2. The Labute approximate surface area is 208 Å². The van der Waals surface area contributed by atoms with Gasteiger partial charge >= 0.3 is 35.6 Å². The van der Waals surface area contributed by atoms with Crippen molar-refractivity contribution in [2.45, 2.75) is 46.9 Å². The minimum atomic E-state index is -5.22. The fourth-order valence-electron chi connectivity index (χ4n) is 3.41. The van der Waals surface area contributed by atoms with Crippen LogP contribution in [0.2, 0.25) is 0 Å². The third kappa shape index (κ3) is 5.46. The molecular formula is C14H18N2O16S4+2. The third-order valence-corrected chi connectivity index (χ3v) is 10.6. The Hall–Kier alpha value is -2.02. The maximum Gasteiger partial charge on any atom is 0.375 e. The highest BCUT2D eigenvalue weighted by atomic mass is 33.1. The summed E-state index contributed by atoms with van der Waals surface area (Å²) >= 11 is 0. The number of carboxylic acid groups (broad SMARTS) is 2. The number of amides is 4. The molecule has 36 heavy (non-hydrogen) atoms. The average Bonchev–Trinajstić information content (AvgIpc) is 3.10. The first-order valence-electron chi connectivity index (χ1n) is 9.25. The van der Waals surface area contributed by atoms with E-state index in [1.165, 1.54) is 0 Å². The molecule has 2 aliphatic heterocycles. The predicted molar refractivity (Wildman–Crippen MR) is 111 cm³/mol. The van der Waals surface area contributed by atoms with Crippen molar-refractivity contribution < 1.29 is 84.6 Å². The monoisotopic (exact) mass is 598 g/mol. The largest absolute Gasteiger partial charge is 0.481 e. The molecule has 18 nitrogen and oxygen atoms in total. The number of hydrogen-bond donors (Lipinski definition) is 6. The standard InChI is InChI=1S/C14H16N2O16S4/c17-7-1-5(35(27,28)29)13(23)15(7,25)9(3-11(19)20)33-34-10(4-12(21)22)16(26)8(18)2-6(14(16)24)36(30,31)32/h5-6,9-10,25-26H,1-4H2,(H2-2,19,20,21,22,27,28,29,30,31,32)/p+2. The lowest BCUT2D eigenvalue weighted by molar-refractivity contribution is -0.979. The van der Waals surface area contributed by atoms with E-state index in [2.05, 4.69) is 0 Å². The minimum absolute atomic E-state index is 0.000996. The topological polar surface area (TPSA) is 292 Å². The van der Waals surface area contributed by atoms with Crippen molar-refractivity contribution >= 4 is 77.4 Å². The van der Waals surface area contributed by atoms with E-state index >= 15 is 0 Å². The van der Waals surface area contributed by atoms with Crippen LogP contribution in [0.15, 0.2) is 0 Å². The molecule has 2 saturated heterocycles. The fourth-order valence-corrected chi connectivity index (χ4v) is 8.24. The van der Waals surface area contributed by atoms with Crippen molar-refractivity contribution in [3.05, 3.63) is 0 Å². The number of carboxylic acids is 2. The molecule has 0 saturated carbocycles. The van der Waals surface area contributed by atoms with Crippen molar-refractivity contribution in [3.8, 4) is 0 Å². The van der Waals surface area contributed by atoms with Crippen LogP contribution in [0.25, 0.3) is 0 Å². The normalized spacial score (nSPS) is 31.0. The van der Waals surface area contributed by atoms with Crippen LogP contribution in [-0.4, -0.2) is 113 Å². The van der Waals surface area contributed by atoms with E-state index in [1.54, 1.807) is 0 Å². The summed E-state index contributed by atoms with van der Waals surface area (Å²) in [4.78, 5) is 72.3. The first-order chi connectivity index (χ1) is 16.2. The Kier molecular flexibility index (Phi) is 8.42. The SMILES string of the molecule is O=C(O)CC(SSC(CC(=O)O)[N+]1(O)C(=O)CC(S(=O)(=O)O)C1=O)[N+]1(O)C(=O)CC(S(=O)(=O)O)C1=O. The Balaban J connectivity index is 2.47. The number of hydroxylamine groups is 6.